The molecule has 1 atom stereocenters. The lowest BCUT2D eigenvalue weighted by atomic mass is 10.2. The number of nitrogens with one attached hydrogen (secondary N) is 1. The lowest BCUT2D eigenvalue weighted by Crippen LogP contribution is -2.48. The molecule has 1 aromatic heterocycles. The van der Waals surface area contributed by atoms with Crippen LogP contribution >= 0.6 is 0 Å². The van der Waals surface area contributed by atoms with E-state index in [4.69, 9.17) is 4.74 Å². The predicted octanol–water partition coefficient (Wildman–Crippen LogP) is 0.367. The molecule has 0 aliphatic carbocycles. The number of hydrogen-bond acceptors (Lipinski definition) is 6. The van der Waals surface area contributed by atoms with E-state index in [9.17, 15) is 0 Å². The van der Waals surface area contributed by atoms with Crippen LogP contribution in [0.25, 0.3) is 0 Å². The van der Waals surface area contributed by atoms with Crippen LogP contribution in [0.15, 0.2) is 18.5 Å². The van der Waals surface area contributed by atoms with Crippen LogP contribution in [0, 0.1) is 0 Å². The van der Waals surface area contributed by atoms with Crippen molar-refractivity contribution in [2.75, 3.05) is 57.3 Å². The van der Waals surface area contributed by atoms with Crippen LogP contribution in [0.3, 0.4) is 0 Å². The summed E-state index contributed by atoms with van der Waals surface area (Å²) in [5.41, 5.74) is 0. The van der Waals surface area contributed by atoms with E-state index in [-0.39, 0.29) is 0 Å². The molecular formula is C15H25N5O. The number of nitrogens with zero attached hydrogens (tertiary/aromatic N) is 4. The molecular weight excluding hydrogens is 266 g/mol. The average Bonchev–Trinajstić information content (AvgIpc) is 3.06. The van der Waals surface area contributed by atoms with Crippen molar-refractivity contribution in [3.8, 4) is 0 Å². The van der Waals surface area contributed by atoms with Crippen molar-refractivity contribution in [1.82, 2.24) is 20.2 Å². The van der Waals surface area contributed by atoms with Gasteiger partial charge in [-0.25, -0.2) is 9.97 Å². The maximum atomic E-state index is 5.61. The average molecular weight is 291 g/mol. The molecule has 2 saturated heterocycles. The van der Waals surface area contributed by atoms with Crippen molar-refractivity contribution in [3.63, 3.8) is 0 Å². The van der Waals surface area contributed by atoms with E-state index in [1.165, 1.54) is 12.8 Å². The summed E-state index contributed by atoms with van der Waals surface area (Å²) in [7, 11) is 0. The monoisotopic (exact) mass is 291 g/mol. The Morgan fingerprint density at radius 2 is 2.00 bits per heavy atom. The Morgan fingerprint density at radius 1 is 1.19 bits per heavy atom. The Kier molecular flexibility index (Phi) is 5.37. The highest BCUT2D eigenvalue weighted by Crippen LogP contribution is 2.11. The first-order valence-corrected chi connectivity index (χ1v) is 7.98. The maximum absolute atomic E-state index is 5.61. The van der Waals surface area contributed by atoms with Crippen molar-refractivity contribution in [1.29, 1.82) is 0 Å². The molecule has 1 N–H and O–H groups in total. The largest absolute Gasteiger partial charge is 0.377 e. The molecule has 0 amide bonds. The zero-order valence-corrected chi connectivity index (χ0v) is 12.6. The molecule has 1 unspecified atom stereocenters. The smallest absolute Gasteiger partial charge is 0.225 e. The molecule has 2 aliphatic heterocycles. The predicted molar refractivity (Wildman–Crippen MR) is 82.5 cm³/mol. The fourth-order valence-corrected chi connectivity index (χ4v) is 2.93. The van der Waals surface area contributed by atoms with Gasteiger partial charge in [0, 0.05) is 64.8 Å². The van der Waals surface area contributed by atoms with E-state index in [1.54, 1.807) is 0 Å². The van der Waals surface area contributed by atoms with Crippen LogP contribution in [0.1, 0.15) is 12.8 Å². The molecule has 0 saturated carbocycles. The van der Waals surface area contributed by atoms with E-state index in [1.807, 2.05) is 18.5 Å². The van der Waals surface area contributed by atoms with E-state index in [2.05, 4.69) is 25.1 Å². The molecule has 21 heavy (non-hydrogen) atoms. The number of rotatable bonds is 6. The number of piperazine rings is 1. The number of anilines is 1. The van der Waals surface area contributed by atoms with Gasteiger partial charge in [-0.05, 0) is 18.9 Å². The quantitative estimate of drug-likeness (QED) is 0.764. The van der Waals surface area contributed by atoms with Crippen molar-refractivity contribution in [3.05, 3.63) is 18.5 Å². The molecule has 6 nitrogen and oxygen atoms in total. The zero-order valence-electron chi connectivity index (χ0n) is 12.6. The number of hydrogen-bond donors (Lipinski definition) is 1. The van der Waals surface area contributed by atoms with Crippen LogP contribution in [-0.4, -0.2) is 73.4 Å². The van der Waals surface area contributed by atoms with Gasteiger partial charge in [-0.1, -0.05) is 0 Å². The van der Waals surface area contributed by atoms with Gasteiger partial charge in [0.1, 0.15) is 0 Å². The molecule has 2 aliphatic rings. The number of aromatic nitrogens is 2. The van der Waals surface area contributed by atoms with Crippen molar-refractivity contribution in [2.45, 2.75) is 18.9 Å². The van der Waals surface area contributed by atoms with Crippen molar-refractivity contribution < 1.29 is 4.74 Å². The minimum absolute atomic E-state index is 0.442. The molecule has 1 aromatic rings. The second-order valence-electron chi connectivity index (χ2n) is 5.72. The topological polar surface area (TPSA) is 53.5 Å². The molecule has 3 rings (SSSR count). The highest BCUT2D eigenvalue weighted by atomic mass is 16.5. The van der Waals surface area contributed by atoms with Gasteiger partial charge in [-0.15, -0.1) is 0 Å². The van der Waals surface area contributed by atoms with Gasteiger partial charge in [-0.2, -0.15) is 0 Å². The van der Waals surface area contributed by atoms with Gasteiger partial charge in [0.15, 0.2) is 0 Å². The Hall–Kier alpha value is -1.24. The van der Waals surface area contributed by atoms with Crippen LogP contribution < -0.4 is 10.2 Å². The summed E-state index contributed by atoms with van der Waals surface area (Å²) in [6, 6.07) is 1.86. The fourth-order valence-electron chi connectivity index (χ4n) is 2.93. The summed E-state index contributed by atoms with van der Waals surface area (Å²) >= 11 is 0. The summed E-state index contributed by atoms with van der Waals surface area (Å²) in [6.07, 6.45) is 6.49. The normalized spacial score (nSPS) is 23.6. The van der Waals surface area contributed by atoms with Crippen molar-refractivity contribution >= 4 is 5.95 Å². The first-order valence-electron chi connectivity index (χ1n) is 7.98. The first kappa shape index (κ1) is 14.7. The van der Waals surface area contributed by atoms with Gasteiger partial charge in [0.25, 0.3) is 0 Å². The fraction of sp³-hybridized carbons (Fsp3) is 0.733. The summed E-state index contributed by atoms with van der Waals surface area (Å²) < 4.78 is 5.61. The van der Waals surface area contributed by atoms with Crippen LogP contribution in [0.2, 0.25) is 0 Å². The van der Waals surface area contributed by atoms with E-state index in [0.29, 0.717) is 6.10 Å². The maximum Gasteiger partial charge on any atom is 0.225 e. The molecule has 3 heterocycles. The van der Waals surface area contributed by atoms with Gasteiger partial charge >= 0.3 is 0 Å². The van der Waals surface area contributed by atoms with Crippen LogP contribution in [0.4, 0.5) is 5.95 Å². The minimum atomic E-state index is 0.442. The van der Waals surface area contributed by atoms with Crippen LogP contribution in [0.5, 0.6) is 0 Å². The summed E-state index contributed by atoms with van der Waals surface area (Å²) in [5, 5.41) is 3.51. The minimum Gasteiger partial charge on any atom is -0.377 e. The Morgan fingerprint density at radius 3 is 2.71 bits per heavy atom. The summed E-state index contributed by atoms with van der Waals surface area (Å²) in [4.78, 5) is 13.4. The highest BCUT2D eigenvalue weighted by molar-refractivity contribution is 5.29. The van der Waals surface area contributed by atoms with Gasteiger partial charge in [0.2, 0.25) is 5.95 Å². The molecule has 6 heteroatoms. The van der Waals surface area contributed by atoms with Gasteiger partial charge < -0.3 is 15.0 Å². The van der Waals surface area contributed by atoms with E-state index < -0.39 is 0 Å². The molecule has 0 radical (unpaired) electrons. The number of ether oxygens (including phenoxy) is 1. The van der Waals surface area contributed by atoms with E-state index in [0.717, 1.165) is 58.4 Å². The van der Waals surface area contributed by atoms with Crippen molar-refractivity contribution in [2.24, 2.45) is 0 Å². The summed E-state index contributed by atoms with van der Waals surface area (Å²) in [6.45, 7) is 8.27. The molecule has 116 valence electrons. The highest BCUT2D eigenvalue weighted by Gasteiger charge is 2.18. The summed E-state index contributed by atoms with van der Waals surface area (Å²) in [5.74, 6) is 0.855. The first-order chi connectivity index (χ1) is 10.4. The lowest BCUT2D eigenvalue weighted by Gasteiger charge is -2.34. The molecule has 0 aromatic carbocycles. The third kappa shape index (κ3) is 4.36. The Bertz CT molecular complexity index is 402. The Balaban J connectivity index is 1.30. The molecule has 2 fully saturated rings. The molecule has 0 bridgehead atoms. The molecule has 0 spiro atoms. The van der Waals surface area contributed by atoms with Gasteiger partial charge in [-0.3, -0.25) is 4.90 Å². The third-order valence-corrected chi connectivity index (χ3v) is 4.21. The van der Waals surface area contributed by atoms with E-state index >= 15 is 0 Å². The SMILES string of the molecule is c1cnc(N2CCN(CCNCC3CCCO3)CC2)nc1. The zero-order chi connectivity index (χ0) is 14.3. The van der Waals surface area contributed by atoms with Crippen LogP contribution in [-0.2, 0) is 4.74 Å². The third-order valence-electron chi connectivity index (χ3n) is 4.21. The Labute approximate surface area is 126 Å². The standard InChI is InChI=1S/C15H25N5O/c1-3-14(21-12-1)13-16-6-7-19-8-10-20(11-9-19)15-17-4-2-5-18-15/h2,4-5,14,16H,1,3,6-13H2. The second-order valence-corrected chi connectivity index (χ2v) is 5.72. The second kappa shape index (κ2) is 7.68. The lowest BCUT2D eigenvalue weighted by molar-refractivity contribution is 0.109. The van der Waals surface area contributed by atoms with Gasteiger partial charge in [0.05, 0.1) is 6.10 Å².